The van der Waals surface area contributed by atoms with Gasteiger partial charge in [-0.25, -0.2) is 4.68 Å². The van der Waals surface area contributed by atoms with E-state index < -0.39 is 22.6 Å². The molecule has 1 N–H and O–H groups in total. The number of hydrogen-bond donors (Lipinski definition) is 1. The molecule has 2 amide bonds. The van der Waals surface area contributed by atoms with Crippen molar-refractivity contribution in [2.45, 2.75) is 74.1 Å². The molecule has 226 valence electrons. The molecule has 3 aliphatic heterocycles. The molecule has 1 aromatic carbocycles. The van der Waals surface area contributed by atoms with Crippen molar-refractivity contribution in [2.24, 2.45) is 11.8 Å². The van der Waals surface area contributed by atoms with E-state index in [1.165, 1.54) is 0 Å². The number of benzene rings is 1. The topological polar surface area (TPSA) is 118 Å². The number of unbranched alkanes of at least 4 members (excludes halogenated alkanes) is 4. The number of esters is 1. The number of amides is 2. The number of likely N-dealkylation sites (tertiary alicyclic amines) is 1. The molecule has 2 unspecified atom stereocenters. The number of allylic oxidation sites excluding steroid dienone is 1. The number of thioether (sulfide) groups is 1. The van der Waals surface area contributed by atoms with Crippen LogP contribution in [-0.4, -0.2) is 90.0 Å². The van der Waals surface area contributed by atoms with E-state index in [2.05, 4.69) is 23.5 Å². The second-order valence-corrected chi connectivity index (χ2v) is 13.0. The Balaban J connectivity index is 1.43. The van der Waals surface area contributed by atoms with Crippen molar-refractivity contribution in [1.82, 2.24) is 24.8 Å². The molecule has 0 saturated carbocycles. The van der Waals surface area contributed by atoms with Gasteiger partial charge in [-0.15, -0.1) is 30.0 Å². The van der Waals surface area contributed by atoms with Gasteiger partial charge in [0.1, 0.15) is 18.2 Å². The third kappa shape index (κ3) is 5.60. The molecule has 42 heavy (non-hydrogen) atoms. The van der Waals surface area contributed by atoms with Crippen LogP contribution in [0.3, 0.4) is 0 Å². The smallest absolute Gasteiger partial charge is 0.310 e. The normalized spacial score (nSPS) is 26.0. The molecular weight excluding hydrogens is 554 g/mol. The van der Waals surface area contributed by atoms with Crippen molar-refractivity contribution in [1.29, 1.82) is 0 Å². The lowest BCUT2D eigenvalue weighted by Gasteiger charge is -2.37. The summed E-state index contributed by atoms with van der Waals surface area (Å²) < 4.78 is 6.68. The van der Waals surface area contributed by atoms with Gasteiger partial charge in [0.25, 0.3) is 0 Å². The SMILES string of the molecule is C=CCCCOC(=O)[C@@H]1[C@@H]2CCC3(S2)C(C(=O)N(CC=C)Cn2nnc4ccccc42)N(CCCCCCO)C(=O)[C@H]13. The van der Waals surface area contributed by atoms with Crippen LogP contribution < -0.4 is 0 Å². The average Bonchev–Trinajstić information content (AvgIpc) is 3.74. The highest BCUT2D eigenvalue weighted by molar-refractivity contribution is 8.02. The molecular formula is C31H41N5O5S. The average molecular weight is 596 g/mol. The Bertz CT molecular complexity index is 1320. The lowest BCUT2D eigenvalue weighted by atomic mass is 9.71. The van der Waals surface area contributed by atoms with Gasteiger partial charge < -0.3 is 19.6 Å². The largest absolute Gasteiger partial charge is 0.465 e. The Labute approximate surface area is 251 Å². The van der Waals surface area contributed by atoms with Crippen molar-refractivity contribution < 1.29 is 24.2 Å². The van der Waals surface area contributed by atoms with Gasteiger partial charge in [-0.2, -0.15) is 0 Å². The highest BCUT2D eigenvalue weighted by Gasteiger charge is 2.74. The van der Waals surface area contributed by atoms with Crippen LogP contribution in [-0.2, 0) is 25.8 Å². The van der Waals surface area contributed by atoms with Crippen LogP contribution in [0.4, 0.5) is 0 Å². The summed E-state index contributed by atoms with van der Waals surface area (Å²) in [5.74, 6) is -1.75. The third-order valence-electron chi connectivity index (χ3n) is 8.80. The van der Waals surface area contributed by atoms with Crippen LogP contribution in [0, 0.1) is 11.8 Å². The van der Waals surface area contributed by atoms with E-state index in [1.807, 2.05) is 24.3 Å². The molecule has 3 aliphatic rings. The zero-order chi connectivity index (χ0) is 29.7. The van der Waals surface area contributed by atoms with Gasteiger partial charge in [0.2, 0.25) is 11.8 Å². The molecule has 1 aromatic heterocycles. The first-order valence-electron chi connectivity index (χ1n) is 15.0. The zero-order valence-corrected chi connectivity index (χ0v) is 24.9. The molecule has 5 rings (SSSR count). The van der Waals surface area contributed by atoms with Gasteiger partial charge in [-0.3, -0.25) is 14.4 Å². The number of para-hydroxylation sites is 1. The number of hydrogen-bond acceptors (Lipinski definition) is 8. The third-order valence-corrected chi connectivity index (χ3v) is 10.7. The number of ether oxygens (including phenoxy) is 1. The lowest BCUT2D eigenvalue weighted by Crippen LogP contribution is -2.55. The van der Waals surface area contributed by atoms with Crippen LogP contribution >= 0.6 is 11.8 Å². The van der Waals surface area contributed by atoms with E-state index in [1.54, 1.807) is 38.4 Å². The summed E-state index contributed by atoms with van der Waals surface area (Å²) >= 11 is 1.65. The van der Waals surface area contributed by atoms with Gasteiger partial charge in [0.05, 0.1) is 28.7 Å². The molecule has 3 saturated heterocycles. The lowest BCUT2D eigenvalue weighted by molar-refractivity contribution is -0.154. The molecule has 4 heterocycles. The van der Waals surface area contributed by atoms with Crippen molar-refractivity contribution >= 4 is 40.6 Å². The van der Waals surface area contributed by atoms with E-state index in [4.69, 9.17) is 4.74 Å². The van der Waals surface area contributed by atoms with Crippen molar-refractivity contribution in [3.63, 3.8) is 0 Å². The number of carbonyl (C=O) groups excluding carboxylic acids is 3. The fraction of sp³-hybridized carbons (Fsp3) is 0.581. The predicted octanol–water partition coefficient (Wildman–Crippen LogP) is 3.56. The number of rotatable bonds is 16. The van der Waals surface area contributed by atoms with Crippen LogP contribution in [0.1, 0.15) is 51.4 Å². The summed E-state index contributed by atoms with van der Waals surface area (Å²) in [5, 5.41) is 17.7. The first-order valence-corrected chi connectivity index (χ1v) is 15.9. The molecule has 0 aliphatic carbocycles. The van der Waals surface area contributed by atoms with Crippen molar-refractivity contribution in [3.8, 4) is 0 Å². The molecule has 2 aromatic rings. The summed E-state index contributed by atoms with van der Waals surface area (Å²) in [6, 6.07) is 6.89. The number of nitrogens with zero attached hydrogens (tertiary/aromatic N) is 5. The molecule has 11 heteroatoms. The van der Waals surface area contributed by atoms with Gasteiger partial charge in [-0.1, -0.05) is 42.3 Å². The van der Waals surface area contributed by atoms with E-state index in [-0.39, 0.29) is 42.9 Å². The summed E-state index contributed by atoms with van der Waals surface area (Å²) in [7, 11) is 0. The number of aliphatic hydroxyl groups excluding tert-OH is 1. The Kier molecular flexibility index (Phi) is 9.67. The van der Waals surface area contributed by atoms with Crippen LogP contribution in [0.15, 0.2) is 49.6 Å². The summed E-state index contributed by atoms with van der Waals surface area (Å²) in [6.07, 6.45) is 9.51. The molecule has 0 radical (unpaired) electrons. The molecule has 2 bridgehead atoms. The maximum Gasteiger partial charge on any atom is 0.310 e. The molecule has 3 fully saturated rings. The highest BCUT2D eigenvalue weighted by Crippen LogP contribution is 2.66. The zero-order valence-electron chi connectivity index (χ0n) is 24.1. The predicted molar refractivity (Wildman–Crippen MR) is 161 cm³/mol. The molecule has 10 nitrogen and oxygen atoms in total. The number of aliphatic hydroxyl groups is 1. The second-order valence-electron chi connectivity index (χ2n) is 11.4. The maximum absolute atomic E-state index is 14.6. The van der Waals surface area contributed by atoms with E-state index in [9.17, 15) is 19.5 Å². The fourth-order valence-corrected chi connectivity index (χ4v) is 9.12. The quantitative estimate of drug-likeness (QED) is 0.178. The Hall–Kier alpha value is -3.18. The number of aromatic nitrogens is 3. The standard InChI is InChI=1S/C31H41N5O5S/c1-3-5-12-20-41-30(40)25-24-15-16-31(42-24)26(25)28(38)35(18-10-6-7-11-19-37)27(31)29(39)34(17-4-2)21-36-23-14-9-8-13-22(23)32-33-36/h3-4,8-9,13-14,24-27,37H,1-2,5-7,10-12,15-21H2/t24-,25+,26-,27?,31?/m0/s1. The Morgan fingerprint density at radius 2 is 1.98 bits per heavy atom. The van der Waals surface area contributed by atoms with E-state index in [0.29, 0.717) is 32.4 Å². The fourth-order valence-electron chi connectivity index (χ4n) is 6.91. The maximum atomic E-state index is 14.6. The molecule has 5 atom stereocenters. The van der Waals surface area contributed by atoms with Crippen LogP contribution in [0.2, 0.25) is 0 Å². The van der Waals surface area contributed by atoms with Gasteiger partial charge >= 0.3 is 5.97 Å². The van der Waals surface area contributed by atoms with Crippen LogP contribution in [0.25, 0.3) is 11.0 Å². The van der Waals surface area contributed by atoms with Gasteiger partial charge in [0, 0.05) is 24.9 Å². The number of carbonyl (C=O) groups is 3. The number of fused-ring (bicyclic) bond motifs is 2. The van der Waals surface area contributed by atoms with E-state index in [0.717, 1.165) is 43.1 Å². The summed E-state index contributed by atoms with van der Waals surface area (Å²) in [4.78, 5) is 45.6. The summed E-state index contributed by atoms with van der Waals surface area (Å²) in [6.45, 7) is 8.92. The first kappa shape index (κ1) is 30.3. The van der Waals surface area contributed by atoms with Crippen LogP contribution in [0.5, 0.6) is 0 Å². The molecule has 1 spiro atoms. The first-order chi connectivity index (χ1) is 20.5. The monoisotopic (exact) mass is 595 g/mol. The highest BCUT2D eigenvalue weighted by atomic mass is 32.2. The van der Waals surface area contributed by atoms with Gasteiger partial charge in [-0.05, 0) is 50.7 Å². The minimum Gasteiger partial charge on any atom is -0.465 e. The van der Waals surface area contributed by atoms with Crippen molar-refractivity contribution in [3.05, 3.63) is 49.6 Å². The van der Waals surface area contributed by atoms with Crippen molar-refractivity contribution in [2.75, 3.05) is 26.3 Å². The Morgan fingerprint density at radius 1 is 1.17 bits per heavy atom. The minimum atomic E-state index is -0.698. The van der Waals surface area contributed by atoms with E-state index >= 15 is 0 Å². The second kappa shape index (κ2) is 13.4. The Morgan fingerprint density at radius 3 is 2.76 bits per heavy atom. The minimum absolute atomic E-state index is 0.0417. The van der Waals surface area contributed by atoms with Gasteiger partial charge in [0.15, 0.2) is 0 Å². The summed E-state index contributed by atoms with van der Waals surface area (Å²) in [5.41, 5.74) is 1.55.